The summed E-state index contributed by atoms with van der Waals surface area (Å²) in [5.74, 6) is -1.42. The molecule has 0 aliphatic carbocycles. The van der Waals surface area contributed by atoms with Crippen LogP contribution in [0, 0.1) is 0 Å². The van der Waals surface area contributed by atoms with E-state index in [-0.39, 0.29) is 26.9 Å². The van der Waals surface area contributed by atoms with Gasteiger partial charge in [0.05, 0.1) is 36.4 Å². The van der Waals surface area contributed by atoms with Gasteiger partial charge in [-0.05, 0) is 55.8 Å². The van der Waals surface area contributed by atoms with Crippen molar-refractivity contribution in [3.05, 3.63) is 87.4 Å². The van der Waals surface area contributed by atoms with E-state index in [0.717, 1.165) is 18.8 Å². The average Bonchev–Trinajstić information content (AvgIpc) is 3.19. The Morgan fingerprint density at radius 2 is 1.66 bits per heavy atom. The number of carbonyl (C=O) groups excluding carboxylic acids is 2. The maximum atomic E-state index is 13.5. The summed E-state index contributed by atoms with van der Waals surface area (Å²) < 4.78 is 10.8. The number of halogens is 2. The molecule has 1 fully saturated rings. The highest BCUT2D eigenvalue weighted by Gasteiger charge is 2.47. The van der Waals surface area contributed by atoms with Gasteiger partial charge in [0.1, 0.15) is 17.3 Å². The summed E-state index contributed by atoms with van der Waals surface area (Å²) >= 11 is 12.5. The lowest BCUT2D eigenvalue weighted by atomic mass is 9.94. The maximum absolute atomic E-state index is 13.5. The second-order valence-electron chi connectivity index (χ2n) is 8.60. The van der Waals surface area contributed by atoms with Crippen molar-refractivity contribution >= 4 is 52.0 Å². The molecule has 0 spiro atoms. The first-order valence-corrected chi connectivity index (χ1v) is 12.8. The maximum Gasteiger partial charge on any atom is 0.300 e. The zero-order chi connectivity index (χ0) is 27.6. The molecule has 1 aliphatic heterocycles. The summed E-state index contributed by atoms with van der Waals surface area (Å²) in [6.45, 7) is 5.79. The highest BCUT2D eigenvalue weighted by atomic mass is 35.5. The molecule has 0 aromatic heterocycles. The number of aliphatic hydroxyl groups excluding tert-OH is 1. The van der Waals surface area contributed by atoms with E-state index in [0.29, 0.717) is 17.0 Å². The normalized spacial score (nSPS) is 16.6. The summed E-state index contributed by atoms with van der Waals surface area (Å²) in [5.41, 5.74) is 2.08. The van der Waals surface area contributed by atoms with E-state index < -0.39 is 23.5 Å². The van der Waals surface area contributed by atoms with Crippen LogP contribution in [-0.4, -0.2) is 44.1 Å². The topological polar surface area (TPSA) is 79.3 Å². The van der Waals surface area contributed by atoms with Crippen LogP contribution in [0.15, 0.2) is 66.2 Å². The third kappa shape index (κ3) is 4.91. The Labute approximate surface area is 231 Å². The Bertz CT molecular complexity index is 1400. The number of amides is 1. The Morgan fingerprint density at radius 1 is 0.974 bits per heavy atom. The van der Waals surface area contributed by atoms with Crippen LogP contribution in [0.5, 0.6) is 11.5 Å². The molecule has 198 valence electrons. The van der Waals surface area contributed by atoms with Crippen molar-refractivity contribution in [1.29, 1.82) is 0 Å². The number of hydrogen-bond donors (Lipinski definition) is 1. The number of hydrogen-bond acceptors (Lipinski definition) is 6. The quantitative estimate of drug-likeness (QED) is 0.195. The second kappa shape index (κ2) is 11.4. The second-order valence-corrected chi connectivity index (χ2v) is 9.45. The standard InChI is InChI=1S/C29H28Cl2N2O5/c1-5-32(6-2)19-12-10-17(11-13-19)25-24(26(34)22-14-18(30)15-23(31)28(22)38-4)27(35)29(36)33(25)20-8-7-9-21(16-20)37-3/h7-16,25,34H,5-6H2,1-4H3/b26-24+. The Kier molecular flexibility index (Phi) is 8.19. The number of aliphatic hydroxyl groups is 1. The van der Waals surface area contributed by atoms with Crippen LogP contribution >= 0.6 is 23.2 Å². The molecule has 1 aliphatic rings. The minimum absolute atomic E-state index is 0.106. The molecule has 3 aromatic rings. The molecule has 3 aromatic carbocycles. The predicted molar refractivity (Wildman–Crippen MR) is 151 cm³/mol. The van der Waals surface area contributed by atoms with Gasteiger partial charge >= 0.3 is 0 Å². The van der Waals surface area contributed by atoms with Crippen LogP contribution in [0.25, 0.3) is 5.76 Å². The monoisotopic (exact) mass is 554 g/mol. The third-order valence-corrected chi connectivity index (χ3v) is 7.08. The number of rotatable bonds is 8. The van der Waals surface area contributed by atoms with E-state index >= 15 is 0 Å². The molecule has 1 saturated heterocycles. The average molecular weight is 555 g/mol. The van der Waals surface area contributed by atoms with Gasteiger partial charge in [0.2, 0.25) is 0 Å². The van der Waals surface area contributed by atoms with Crippen molar-refractivity contribution in [1.82, 2.24) is 0 Å². The predicted octanol–water partition coefficient (Wildman–Crippen LogP) is 6.48. The van der Waals surface area contributed by atoms with Crippen LogP contribution < -0.4 is 19.3 Å². The SMILES string of the molecule is CCN(CC)c1ccc(C2/C(=C(\O)c3cc(Cl)cc(Cl)c3OC)C(=O)C(=O)N2c2cccc(OC)c2)cc1. The minimum atomic E-state index is -0.935. The van der Waals surface area contributed by atoms with E-state index in [1.54, 1.807) is 24.3 Å². The zero-order valence-electron chi connectivity index (χ0n) is 21.5. The van der Waals surface area contributed by atoms with E-state index in [4.69, 9.17) is 32.7 Å². The largest absolute Gasteiger partial charge is 0.507 e. The lowest BCUT2D eigenvalue weighted by Crippen LogP contribution is -2.29. The number of benzene rings is 3. The van der Waals surface area contributed by atoms with Gasteiger partial charge in [-0.2, -0.15) is 0 Å². The molecule has 1 atom stereocenters. The first kappa shape index (κ1) is 27.4. The fraction of sp³-hybridized carbons (Fsp3) is 0.241. The molecule has 1 heterocycles. The van der Waals surface area contributed by atoms with E-state index in [1.165, 1.54) is 31.3 Å². The molecule has 1 unspecified atom stereocenters. The lowest BCUT2D eigenvalue weighted by Gasteiger charge is -2.27. The molecule has 1 amide bonds. The zero-order valence-corrected chi connectivity index (χ0v) is 23.0. The number of ketones is 1. The molecule has 9 heteroatoms. The molecule has 0 radical (unpaired) electrons. The number of carbonyl (C=O) groups is 2. The fourth-order valence-corrected chi connectivity index (χ4v) is 5.29. The van der Waals surface area contributed by atoms with Gasteiger partial charge in [0.15, 0.2) is 0 Å². The molecule has 0 saturated carbocycles. The number of anilines is 2. The highest BCUT2D eigenvalue weighted by molar-refractivity contribution is 6.52. The van der Waals surface area contributed by atoms with Crippen LogP contribution in [0.3, 0.4) is 0 Å². The van der Waals surface area contributed by atoms with Crippen LogP contribution in [0.1, 0.15) is 31.0 Å². The van der Waals surface area contributed by atoms with Crippen LogP contribution in [0.2, 0.25) is 10.0 Å². The molecule has 1 N–H and O–H groups in total. The summed E-state index contributed by atoms with van der Waals surface area (Å²) in [7, 11) is 2.91. The third-order valence-electron chi connectivity index (χ3n) is 6.58. The van der Waals surface area contributed by atoms with Gasteiger partial charge in [0.25, 0.3) is 11.7 Å². The van der Waals surface area contributed by atoms with Gasteiger partial charge in [-0.15, -0.1) is 0 Å². The highest BCUT2D eigenvalue weighted by Crippen LogP contribution is 2.45. The van der Waals surface area contributed by atoms with Crippen molar-refractivity contribution in [3.63, 3.8) is 0 Å². The number of methoxy groups -OCH3 is 2. The van der Waals surface area contributed by atoms with Crippen molar-refractivity contribution in [2.75, 3.05) is 37.1 Å². The van der Waals surface area contributed by atoms with Gasteiger partial charge in [-0.25, -0.2) is 0 Å². The van der Waals surface area contributed by atoms with E-state index in [9.17, 15) is 14.7 Å². The molecular weight excluding hydrogens is 527 g/mol. The molecule has 38 heavy (non-hydrogen) atoms. The number of nitrogens with zero attached hydrogens (tertiary/aromatic N) is 2. The van der Waals surface area contributed by atoms with Crippen molar-refractivity contribution in [3.8, 4) is 11.5 Å². The molecule has 4 rings (SSSR count). The lowest BCUT2D eigenvalue weighted by molar-refractivity contribution is -0.132. The van der Waals surface area contributed by atoms with Crippen molar-refractivity contribution in [2.24, 2.45) is 0 Å². The van der Waals surface area contributed by atoms with E-state index in [1.807, 2.05) is 24.3 Å². The van der Waals surface area contributed by atoms with Gasteiger partial charge in [-0.3, -0.25) is 14.5 Å². The Balaban J connectivity index is 1.97. The summed E-state index contributed by atoms with van der Waals surface area (Å²) in [4.78, 5) is 30.6. The first-order chi connectivity index (χ1) is 18.2. The first-order valence-electron chi connectivity index (χ1n) is 12.1. The Hall–Kier alpha value is -3.68. The van der Waals surface area contributed by atoms with Crippen LogP contribution in [0.4, 0.5) is 11.4 Å². The van der Waals surface area contributed by atoms with Gasteiger partial charge < -0.3 is 19.5 Å². The molecular formula is C29H28Cl2N2O5. The summed E-state index contributed by atoms with van der Waals surface area (Å²) in [6.07, 6.45) is 0. The Morgan fingerprint density at radius 3 is 2.26 bits per heavy atom. The smallest absolute Gasteiger partial charge is 0.300 e. The van der Waals surface area contributed by atoms with Crippen molar-refractivity contribution in [2.45, 2.75) is 19.9 Å². The van der Waals surface area contributed by atoms with Crippen molar-refractivity contribution < 1.29 is 24.2 Å². The molecule has 7 nitrogen and oxygen atoms in total. The van der Waals surface area contributed by atoms with Crippen LogP contribution in [-0.2, 0) is 9.59 Å². The van der Waals surface area contributed by atoms with Gasteiger partial charge in [-0.1, -0.05) is 41.4 Å². The van der Waals surface area contributed by atoms with Gasteiger partial charge in [0, 0.05) is 35.6 Å². The minimum Gasteiger partial charge on any atom is -0.507 e. The molecule has 0 bridgehead atoms. The summed E-state index contributed by atoms with van der Waals surface area (Å²) in [5, 5.41) is 11.9. The number of Topliss-reactive ketones (excluding diaryl/α,β-unsaturated/α-hetero) is 1. The summed E-state index contributed by atoms with van der Waals surface area (Å²) in [6, 6.07) is 16.4. The fourth-order valence-electron chi connectivity index (χ4n) is 4.72. The van der Waals surface area contributed by atoms with E-state index in [2.05, 4.69) is 18.7 Å². The number of ether oxygens (including phenoxy) is 2.